The number of hydrogen-bond acceptors (Lipinski definition) is 5. The summed E-state index contributed by atoms with van der Waals surface area (Å²) in [6.07, 6.45) is 1.84. The van der Waals surface area contributed by atoms with E-state index in [-0.39, 0.29) is 9.79 Å². The maximum atomic E-state index is 12.7. The standard InChI is InChI=1S/C14H23N3O4S2/c1-15-10-12-4-3-9-17(11-12)23(20,21)14-7-5-13(6-8-14)22(18,19)16-2/h5-8,12,15-16H,3-4,9-11H2,1-2H3. The molecule has 1 heterocycles. The quantitative estimate of drug-likeness (QED) is 0.755. The van der Waals surface area contributed by atoms with Crippen LogP contribution in [0.3, 0.4) is 0 Å². The van der Waals surface area contributed by atoms with Gasteiger partial charge in [0.05, 0.1) is 9.79 Å². The predicted octanol–water partition coefficient (Wildman–Crippen LogP) is 0.215. The summed E-state index contributed by atoms with van der Waals surface area (Å²) in [4.78, 5) is 0.170. The van der Waals surface area contributed by atoms with Crippen LogP contribution in [0.25, 0.3) is 0 Å². The van der Waals surface area contributed by atoms with Crippen molar-refractivity contribution in [1.82, 2.24) is 14.3 Å². The van der Waals surface area contributed by atoms with E-state index < -0.39 is 20.0 Å². The Labute approximate surface area is 138 Å². The lowest BCUT2D eigenvalue weighted by Crippen LogP contribution is -2.42. The molecule has 1 aliphatic heterocycles. The molecule has 0 amide bonds. The Hall–Kier alpha value is -1.00. The van der Waals surface area contributed by atoms with Crippen molar-refractivity contribution < 1.29 is 16.8 Å². The summed E-state index contributed by atoms with van der Waals surface area (Å²) in [5, 5.41) is 3.08. The van der Waals surface area contributed by atoms with E-state index in [1.807, 2.05) is 7.05 Å². The molecule has 1 saturated heterocycles. The minimum Gasteiger partial charge on any atom is -0.319 e. The van der Waals surface area contributed by atoms with Gasteiger partial charge in [-0.1, -0.05) is 0 Å². The Balaban J connectivity index is 2.22. The van der Waals surface area contributed by atoms with Gasteiger partial charge in [-0.15, -0.1) is 0 Å². The van der Waals surface area contributed by atoms with E-state index in [1.54, 1.807) is 0 Å². The van der Waals surface area contributed by atoms with Gasteiger partial charge in [-0.3, -0.25) is 0 Å². The van der Waals surface area contributed by atoms with Crippen LogP contribution in [0.5, 0.6) is 0 Å². The molecule has 0 radical (unpaired) electrons. The van der Waals surface area contributed by atoms with E-state index in [1.165, 1.54) is 35.6 Å². The first-order chi connectivity index (χ1) is 10.8. The number of nitrogens with zero attached hydrogens (tertiary/aromatic N) is 1. The first kappa shape index (κ1) is 18.3. The van der Waals surface area contributed by atoms with Crippen molar-refractivity contribution in [3.05, 3.63) is 24.3 Å². The Kier molecular flexibility index (Phi) is 5.79. The van der Waals surface area contributed by atoms with Crippen LogP contribution in [0, 0.1) is 5.92 Å². The summed E-state index contributed by atoms with van der Waals surface area (Å²) in [5.41, 5.74) is 0. The molecule has 0 saturated carbocycles. The van der Waals surface area contributed by atoms with E-state index >= 15 is 0 Å². The minimum atomic E-state index is -3.59. The highest BCUT2D eigenvalue weighted by Crippen LogP contribution is 2.24. The minimum absolute atomic E-state index is 0.0469. The van der Waals surface area contributed by atoms with Gasteiger partial charge in [0.15, 0.2) is 0 Å². The average molecular weight is 361 g/mol. The SMILES string of the molecule is CNCC1CCCN(S(=O)(=O)c2ccc(S(=O)(=O)NC)cc2)C1. The molecule has 0 aliphatic carbocycles. The van der Waals surface area contributed by atoms with Gasteiger partial charge in [0.1, 0.15) is 0 Å². The van der Waals surface area contributed by atoms with E-state index in [0.717, 1.165) is 19.4 Å². The summed E-state index contributed by atoms with van der Waals surface area (Å²) in [6, 6.07) is 5.32. The van der Waals surface area contributed by atoms with Gasteiger partial charge in [-0.2, -0.15) is 4.31 Å². The molecule has 1 aromatic rings. The molecule has 2 rings (SSSR count). The lowest BCUT2D eigenvalue weighted by molar-refractivity contribution is 0.263. The molecule has 2 N–H and O–H groups in total. The monoisotopic (exact) mass is 361 g/mol. The number of benzene rings is 1. The normalized spacial score (nSPS) is 20.5. The fourth-order valence-corrected chi connectivity index (χ4v) is 5.04. The Morgan fingerprint density at radius 1 is 1.09 bits per heavy atom. The molecule has 1 unspecified atom stereocenters. The number of nitrogens with one attached hydrogen (secondary N) is 2. The molecule has 1 fully saturated rings. The number of rotatable bonds is 6. The number of sulfonamides is 2. The third kappa shape index (κ3) is 4.10. The molecule has 1 atom stereocenters. The maximum Gasteiger partial charge on any atom is 0.243 e. The fourth-order valence-electron chi connectivity index (χ4n) is 2.76. The van der Waals surface area contributed by atoms with Crippen LogP contribution >= 0.6 is 0 Å². The zero-order valence-corrected chi connectivity index (χ0v) is 15.0. The molecule has 1 aliphatic rings. The lowest BCUT2D eigenvalue weighted by Gasteiger charge is -2.31. The van der Waals surface area contributed by atoms with Crippen molar-refractivity contribution >= 4 is 20.0 Å². The van der Waals surface area contributed by atoms with Crippen molar-refractivity contribution in [1.29, 1.82) is 0 Å². The fraction of sp³-hybridized carbons (Fsp3) is 0.571. The van der Waals surface area contributed by atoms with Crippen molar-refractivity contribution in [2.45, 2.75) is 22.6 Å². The van der Waals surface area contributed by atoms with Gasteiger partial charge in [0, 0.05) is 13.1 Å². The lowest BCUT2D eigenvalue weighted by atomic mass is 10.00. The van der Waals surface area contributed by atoms with Crippen LogP contribution in [-0.2, 0) is 20.0 Å². The highest BCUT2D eigenvalue weighted by atomic mass is 32.2. The average Bonchev–Trinajstić information content (AvgIpc) is 2.55. The second kappa shape index (κ2) is 7.27. The molecule has 0 spiro atoms. The third-order valence-corrected chi connectivity index (χ3v) is 7.32. The van der Waals surface area contributed by atoms with Gasteiger partial charge in [-0.25, -0.2) is 21.6 Å². The van der Waals surface area contributed by atoms with Crippen LogP contribution in [0.15, 0.2) is 34.1 Å². The largest absolute Gasteiger partial charge is 0.319 e. The van der Waals surface area contributed by atoms with E-state index in [4.69, 9.17) is 0 Å². The van der Waals surface area contributed by atoms with Crippen molar-refractivity contribution in [2.75, 3.05) is 33.7 Å². The van der Waals surface area contributed by atoms with Gasteiger partial charge in [0.2, 0.25) is 20.0 Å². The third-order valence-electron chi connectivity index (χ3n) is 4.02. The topological polar surface area (TPSA) is 95.6 Å². The smallest absolute Gasteiger partial charge is 0.243 e. The Bertz CT molecular complexity index is 728. The van der Waals surface area contributed by atoms with Gasteiger partial charge in [0.25, 0.3) is 0 Å². The van der Waals surface area contributed by atoms with Crippen molar-refractivity contribution in [2.24, 2.45) is 5.92 Å². The molecule has 0 aromatic heterocycles. The van der Waals surface area contributed by atoms with Crippen molar-refractivity contribution in [3.63, 3.8) is 0 Å². The second-order valence-electron chi connectivity index (χ2n) is 5.61. The summed E-state index contributed by atoms with van der Waals surface area (Å²) in [6.45, 7) is 1.77. The zero-order valence-electron chi connectivity index (χ0n) is 13.3. The Morgan fingerprint density at radius 3 is 2.26 bits per heavy atom. The molecule has 0 bridgehead atoms. The first-order valence-corrected chi connectivity index (χ1v) is 10.4. The van der Waals surface area contributed by atoms with E-state index in [0.29, 0.717) is 19.0 Å². The predicted molar refractivity (Wildman–Crippen MR) is 88.1 cm³/mol. The van der Waals surface area contributed by atoms with Crippen LogP contribution < -0.4 is 10.0 Å². The van der Waals surface area contributed by atoms with Crippen LogP contribution in [0.2, 0.25) is 0 Å². The first-order valence-electron chi connectivity index (χ1n) is 7.49. The van der Waals surface area contributed by atoms with E-state index in [2.05, 4.69) is 10.0 Å². The second-order valence-corrected chi connectivity index (χ2v) is 9.43. The number of hydrogen-bond donors (Lipinski definition) is 2. The van der Waals surface area contributed by atoms with Crippen molar-refractivity contribution in [3.8, 4) is 0 Å². The molecule has 1 aromatic carbocycles. The van der Waals surface area contributed by atoms with Gasteiger partial charge >= 0.3 is 0 Å². The summed E-state index contributed by atoms with van der Waals surface area (Å²) in [5.74, 6) is 0.299. The molecular formula is C14H23N3O4S2. The summed E-state index contributed by atoms with van der Waals surface area (Å²) < 4.78 is 52.5. The molecule has 7 nitrogen and oxygen atoms in total. The summed E-state index contributed by atoms with van der Waals surface area (Å²) in [7, 11) is -3.99. The molecule has 9 heteroatoms. The maximum absolute atomic E-state index is 12.7. The van der Waals surface area contributed by atoms with Crippen LogP contribution in [0.4, 0.5) is 0 Å². The molecule has 130 valence electrons. The Morgan fingerprint density at radius 2 is 1.70 bits per heavy atom. The number of piperidine rings is 1. The highest BCUT2D eigenvalue weighted by Gasteiger charge is 2.30. The van der Waals surface area contributed by atoms with Gasteiger partial charge in [-0.05, 0) is 63.7 Å². The van der Waals surface area contributed by atoms with Crippen LogP contribution in [0.1, 0.15) is 12.8 Å². The summed E-state index contributed by atoms with van der Waals surface area (Å²) >= 11 is 0. The van der Waals surface area contributed by atoms with E-state index in [9.17, 15) is 16.8 Å². The zero-order chi connectivity index (χ0) is 17.1. The van der Waals surface area contributed by atoms with Gasteiger partial charge < -0.3 is 5.32 Å². The van der Waals surface area contributed by atoms with Crippen LogP contribution in [-0.4, -0.2) is 54.9 Å². The molecule has 23 heavy (non-hydrogen) atoms. The molecular weight excluding hydrogens is 338 g/mol. The highest BCUT2D eigenvalue weighted by molar-refractivity contribution is 7.89.